The van der Waals surface area contributed by atoms with Crippen molar-refractivity contribution in [2.75, 3.05) is 5.32 Å². The first-order valence-electron chi connectivity index (χ1n) is 4.80. The molecule has 0 fully saturated rings. The third-order valence-corrected chi connectivity index (χ3v) is 2.56. The molecular weight excluding hydrogens is 190 g/mol. The highest BCUT2D eigenvalue weighted by atomic mass is 16.2. The van der Waals surface area contributed by atoms with Crippen molar-refractivity contribution in [3.63, 3.8) is 0 Å². The van der Waals surface area contributed by atoms with Gasteiger partial charge in [0, 0.05) is 5.69 Å². The maximum absolute atomic E-state index is 11.5. The van der Waals surface area contributed by atoms with E-state index in [1.807, 2.05) is 12.1 Å². The lowest BCUT2D eigenvalue weighted by Gasteiger charge is -2.07. The number of anilines is 1. The van der Waals surface area contributed by atoms with E-state index in [-0.39, 0.29) is 5.91 Å². The molecule has 1 amide bonds. The summed E-state index contributed by atoms with van der Waals surface area (Å²) in [6.45, 7) is 0. The van der Waals surface area contributed by atoms with Crippen LogP contribution in [0.1, 0.15) is 17.5 Å². The van der Waals surface area contributed by atoms with Crippen LogP contribution in [0.2, 0.25) is 0 Å². The molecule has 0 bridgehead atoms. The Morgan fingerprint density at radius 1 is 1.53 bits per heavy atom. The van der Waals surface area contributed by atoms with Crippen molar-refractivity contribution in [3.8, 4) is 6.07 Å². The minimum atomic E-state index is -0.456. The maximum Gasteiger partial charge on any atom is 0.241 e. The fourth-order valence-electron chi connectivity index (χ4n) is 1.65. The van der Waals surface area contributed by atoms with Crippen LogP contribution in [0.3, 0.4) is 0 Å². The number of fused-ring (bicyclic) bond motifs is 1. The topological polar surface area (TPSA) is 78.9 Å². The van der Waals surface area contributed by atoms with Gasteiger partial charge in [-0.2, -0.15) is 5.26 Å². The summed E-state index contributed by atoms with van der Waals surface area (Å²) in [6, 6.07) is 6.89. The fourth-order valence-corrected chi connectivity index (χ4v) is 1.65. The van der Waals surface area contributed by atoms with Gasteiger partial charge in [-0.05, 0) is 30.5 Å². The third-order valence-electron chi connectivity index (χ3n) is 2.56. The number of aryl methyl sites for hydroxylation is 1. The SMILES string of the molecule is N#Cc1ccc2c(c1)NC(=O)C(N)CC2. The molecule has 1 atom stereocenters. The molecule has 0 aromatic heterocycles. The number of amides is 1. The Kier molecular flexibility index (Phi) is 2.40. The Hall–Kier alpha value is -1.86. The van der Waals surface area contributed by atoms with Crippen LogP contribution in [0.25, 0.3) is 0 Å². The van der Waals surface area contributed by atoms with Gasteiger partial charge in [-0.3, -0.25) is 4.79 Å². The van der Waals surface area contributed by atoms with E-state index in [9.17, 15) is 4.79 Å². The quantitative estimate of drug-likeness (QED) is 0.650. The van der Waals surface area contributed by atoms with Crippen molar-refractivity contribution in [2.24, 2.45) is 5.73 Å². The Morgan fingerprint density at radius 3 is 3.07 bits per heavy atom. The zero-order valence-corrected chi connectivity index (χ0v) is 8.16. The summed E-state index contributed by atoms with van der Waals surface area (Å²) in [5.41, 5.74) is 7.95. The molecule has 4 nitrogen and oxygen atoms in total. The van der Waals surface area contributed by atoms with Gasteiger partial charge in [0.05, 0.1) is 17.7 Å². The molecule has 0 aliphatic carbocycles. The number of benzene rings is 1. The van der Waals surface area contributed by atoms with Crippen LogP contribution in [-0.2, 0) is 11.2 Å². The first kappa shape index (κ1) is 9.69. The summed E-state index contributed by atoms with van der Waals surface area (Å²) in [4.78, 5) is 11.5. The Bertz CT molecular complexity index is 448. The molecule has 1 unspecified atom stereocenters. The summed E-state index contributed by atoms with van der Waals surface area (Å²) in [5.74, 6) is -0.177. The second kappa shape index (κ2) is 3.71. The van der Waals surface area contributed by atoms with Gasteiger partial charge in [0.25, 0.3) is 0 Å². The smallest absolute Gasteiger partial charge is 0.241 e. The number of nitriles is 1. The molecule has 3 N–H and O–H groups in total. The highest BCUT2D eigenvalue weighted by molar-refractivity contribution is 5.96. The van der Waals surface area contributed by atoms with Crippen molar-refractivity contribution >= 4 is 11.6 Å². The average molecular weight is 201 g/mol. The van der Waals surface area contributed by atoms with E-state index in [0.29, 0.717) is 17.7 Å². The molecule has 76 valence electrons. The number of nitrogens with two attached hydrogens (primary N) is 1. The zero-order chi connectivity index (χ0) is 10.8. The van der Waals surface area contributed by atoms with Crippen molar-refractivity contribution in [1.82, 2.24) is 0 Å². The number of nitrogens with zero attached hydrogens (tertiary/aromatic N) is 1. The number of hydrogen-bond acceptors (Lipinski definition) is 3. The highest BCUT2D eigenvalue weighted by Crippen LogP contribution is 2.22. The molecule has 15 heavy (non-hydrogen) atoms. The van der Waals surface area contributed by atoms with Crippen LogP contribution < -0.4 is 11.1 Å². The van der Waals surface area contributed by atoms with Gasteiger partial charge in [-0.15, -0.1) is 0 Å². The van der Waals surface area contributed by atoms with Gasteiger partial charge >= 0.3 is 0 Å². The van der Waals surface area contributed by atoms with E-state index in [4.69, 9.17) is 11.0 Å². The third kappa shape index (κ3) is 1.83. The summed E-state index contributed by atoms with van der Waals surface area (Å²) < 4.78 is 0. The number of nitrogens with one attached hydrogen (secondary N) is 1. The molecule has 0 spiro atoms. The summed E-state index contributed by atoms with van der Waals surface area (Å²) in [6.07, 6.45) is 1.41. The largest absolute Gasteiger partial charge is 0.324 e. The van der Waals surface area contributed by atoms with Crippen molar-refractivity contribution < 1.29 is 4.79 Å². The highest BCUT2D eigenvalue weighted by Gasteiger charge is 2.19. The number of hydrogen-bond donors (Lipinski definition) is 2. The van der Waals surface area contributed by atoms with Gasteiger partial charge in [0.1, 0.15) is 0 Å². The molecule has 1 heterocycles. The van der Waals surface area contributed by atoms with E-state index in [1.165, 1.54) is 0 Å². The first-order chi connectivity index (χ1) is 7.20. The lowest BCUT2D eigenvalue weighted by molar-refractivity contribution is -0.117. The van der Waals surface area contributed by atoms with E-state index in [2.05, 4.69) is 5.32 Å². The second-order valence-electron chi connectivity index (χ2n) is 3.62. The first-order valence-corrected chi connectivity index (χ1v) is 4.80. The predicted octanol–water partition coefficient (Wildman–Crippen LogP) is 0.770. The van der Waals surface area contributed by atoms with Crippen LogP contribution in [0.4, 0.5) is 5.69 Å². The summed E-state index contributed by atoms with van der Waals surface area (Å²) in [7, 11) is 0. The molecule has 1 aromatic carbocycles. The van der Waals surface area contributed by atoms with Crippen molar-refractivity contribution in [3.05, 3.63) is 29.3 Å². The van der Waals surface area contributed by atoms with Gasteiger partial charge in [0.2, 0.25) is 5.91 Å². The zero-order valence-electron chi connectivity index (χ0n) is 8.16. The standard InChI is InChI=1S/C11H11N3O/c12-6-7-1-2-8-3-4-9(13)11(15)14-10(8)5-7/h1-2,5,9H,3-4,13H2,(H,14,15). The number of carbonyl (C=O) groups is 1. The van der Waals surface area contributed by atoms with Gasteiger partial charge in [-0.25, -0.2) is 0 Å². The van der Waals surface area contributed by atoms with E-state index in [0.717, 1.165) is 12.0 Å². The Morgan fingerprint density at radius 2 is 2.33 bits per heavy atom. The second-order valence-corrected chi connectivity index (χ2v) is 3.62. The van der Waals surface area contributed by atoms with Gasteiger partial charge in [0.15, 0.2) is 0 Å². The van der Waals surface area contributed by atoms with E-state index in [1.54, 1.807) is 12.1 Å². The summed E-state index contributed by atoms with van der Waals surface area (Å²) in [5, 5.41) is 11.5. The van der Waals surface area contributed by atoms with E-state index < -0.39 is 6.04 Å². The van der Waals surface area contributed by atoms with Crippen LogP contribution in [0.15, 0.2) is 18.2 Å². The normalized spacial score (nSPS) is 19.7. The molecule has 0 saturated carbocycles. The molecule has 1 aliphatic heterocycles. The molecule has 0 radical (unpaired) electrons. The Balaban J connectivity index is 2.40. The summed E-state index contributed by atoms with van der Waals surface area (Å²) >= 11 is 0. The van der Waals surface area contributed by atoms with Gasteiger partial charge < -0.3 is 11.1 Å². The van der Waals surface area contributed by atoms with Crippen LogP contribution in [0.5, 0.6) is 0 Å². The van der Waals surface area contributed by atoms with Crippen molar-refractivity contribution in [2.45, 2.75) is 18.9 Å². The minimum Gasteiger partial charge on any atom is -0.324 e. The molecule has 1 aromatic rings. The van der Waals surface area contributed by atoms with Crippen LogP contribution >= 0.6 is 0 Å². The Labute approximate surface area is 87.7 Å². The molecule has 0 saturated heterocycles. The fraction of sp³-hybridized carbons (Fsp3) is 0.273. The molecule has 2 rings (SSSR count). The average Bonchev–Trinajstić information content (AvgIpc) is 2.39. The molecule has 4 heteroatoms. The van der Waals surface area contributed by atoms with Crippen LogP contribution in [-0.4, -0.2) is 11.9 Å². The van der Waals surface area contributed by atoms with Crippen molar-refractivity contribution in [1.29, 1.82) is 5.26 Å². The van der Waals surface area contributed by atoms with E-state index >= 15 is 0 Å². The molecular formula is C11H11N3O. The predicted molar refractivity (Wildman–Crippen MR) is 56.1 cm³/mol. The monoisotopic (exact) mass is 201 g/mol. The lowest BCUT2D eigenvalue weighted by atomic mass is 10.0. The number of rotatable bonds is 0. The number of carbonyl (C=O) groups excluding carboxylic acids is 1. The minimum absolute atomic E-state index is 0.177. The maximum atomic E-state index is 11.5. The molecule has 1 aliphatic rings. The lowest BCUT2D eigenvalue weighted by Crippen LogP contribution is -2.34. The van der Waals surface area contributed by atoms with Gasteiger partial charge in [-0.1, -0.05) is 6.07 Å². The van der Waals surface area contributed by atoms with Crippen LogP contribution in [0, 0.1) is 11.3 Å².